The Morgan fingerprint density at radius 3 is 2.18 bits per heavy atom. The number of nitriles is 1. The molecule has 1 rings (SSSR count). The SMILES string of the molecule is N#CC(F)(F)c1ccccc1. The molecule has 0 spiro atoms. The van der Waals surface area contributed by atoms with Gasteiger partial charge in [0.25, 0.3) is 0 Å². The van der Waals surface area contributed by atoms with Crippen LogP contribution in [-0.2, 0) is 5.92 Å². The third kappa shape index (κ3) is 1.53. The molecule has 0 unspecified atom stereocenters. The number of hydrogen-bond donors (Lipinski definition) is 0. The van der Waals surface area contributed by atoms with Crippen LogP contribution in [0, 0.1) is 11.3 Å². The molecule has 0 amide bonds. The Bertz CT molecular complexity index is 274. The van der Waals surface area contributed by atoms with Crippen LogP contribution in [0.25, 0.3) is 0 Å². The molecule has 0 bridgehead atoms. The fourth-order valence-electron chi connectivity index (χ4n) is 0.712. The molecule has 0 radical (unpaired) electrons. The quantitative estimate of drug-likeness (QED) is 0.607. The maximum absolute atomic E-state index is 12.5. The largest absolute Gasteiger partial charge is 0.357 e. The van der Waals surface area contributed by atoms with Gasteiger partial charge in [-0.1, -0.05) is 30.3 Å². The van der Waals surface area contributed by atoms with Crippen LogP contribution in [0.1, 0.15) is 5.56 Å². The van der Waals surface area contributed by atoms with Crippen LogP contribution in [0.3, 0.4) is 0 Å². The molecule has 1 aromatic carbocycles. The first-order valence-corrected chi connectivity index (χ1v) is 3.01. The van der Waals surface area contributed by atoms with Gasteiger partial charge in [-0.2, -0.15) is 14.0 Å². The maximum Gasteiger partial charge on any atom is 0.357 e. The van der Waals surface area contributed by atoms with Crippen molar-refractivity contribution < 1.29 is 8.78 Å². The van der Waals surface area contributed by atoms with E-state index in [1.807, 2.05) is 0 Å². The predicted octanol–water partition coefficient (Wildman–Crippen LogP) is 2.30. The Hall–Kier alpha value is -1.43. The highest BCUT2D eigenvalue weighted by Crippen LogP contribution is 2.25. The molecular formula is C8H5F2N. The lowest BCUT2D eigenvalue weighted by Crippen LogP contribution is -2.08. The zero-order valence-corrected chi connectivity index (χ0v) is 5.59. The molecule has 0 saturated carbocycles. The zero-order valence-electron chi connectivity index (χ0n) is 5.59. The molecule has 0 saturated heterocycles. The van der Waals surface area contributed by atoms with Gasteiger partial charge in [0.15, 0.2) is 0 Å². The number of halogens is 2. The van der Waals surface area contributed by atoms with Crippen molar-refractivity contribution in [2.24, 2.45) is 0 Å². The summed E-state index contributed by atoms with van der Waals surface area (Å²) in [5.41, 5.74) is -0.262. The summed E-state index contributed by atoms with van der Waals surface area (Å²) < 4.78 is 25.0. The van der Waals surface area contributed by atoms with E-state index in [1.54, 1.807) is 6.07 Å². The molecule has 0 fully saturated rings. The van der Waals surface area contributed by atoms with E-state index in [0.717, 1.165) is 6.07 Å². The Balaban J connectivity index is 3.05. The highest BCUT2D eigenvalue weighted by molar-refractivity contribution is 5.24. The minimum atomic E-state index is -3.36. The Morgan fingerprint density at radius 1 is 1.18 bits per heavy atom. The molecule has 11 heavy (non-hydrogen) atoms. The minimum absolute atomic E-state index is 0.262. The summed E-state index contributed by atoms with van der Waals surface area (Å²) in [4.78, 5) is 0. The van der Waals surface area contributed by atoms with E-state index in [-0.39, 0.29) is 5.56 Å². The number of hydrogen-bond acceptors (Lipinski definition) is 1. The van der Waals surface area contributed by atoms with Crippen molar-refractivity contribution in [3.05, 3.63) is 35.9 Å². The minimum Gasteiger partial charge on any atom is -0.191 e. The van der Waals surface area contributed by atoms with E-state index in [4.69, 9.17) is 5.26 Å². The van der Waals surface area contributed by atoms with Crippen molar-refractivity contribution in [2.45, 2.75) is 5.92 Å². The molecule has 56 valence electrons. The Labute approximate surface area is 62.9 Å². The monoisotopic (exact) mass is 153 g/mol. The van der Waals surface area contributed by atoms with Crippen LogP contribution in [-0.4, -0.2) is 0 Å². The van der Waals surface area contributed by atoms with Gasteiger partial charge in [-0.3, -0.25) is 0 Å². The number of rotatable bonds is 1. The molecule has 0 aromatic heterocycles. The molecule has 0 atom stereocenters. The first-order valence-electron chi connectivity index (χ1n) is 3.01. The van der Waals surface area contributed by atoms with E-state index in [2.05, 4.69) is 0 Å². The summed E-state index contributed by atoms with van der Waals surface area (Å²) in [5.74, 6) is -3.36. The molecule has 0 aliphatic carbocycles. The summed E-state index contributed by atoms with van der Waals surface area (Å²) >= 11 is 0. The Morgan fingerprint density at radius 2 is 1.73 bits per heavy atom. The number of benzene rings is 1. The van der Waals surface area contributed by atoms with Gasteiger partial charge in [0.1, 0.15) is 6.07 Å². The fourth-order valence-corrected chi connectivity index (χ4v) is 0.712. The zero-order chi connectivity index (χ0) is 8.32. The molecule has 3 heteroatoms. The van der Waals surface area contributed by atoms with Crippen molar-refractivity contribution in [1.82, 2.24) is 0 Å². The first kappa shape index (κ1) is 7.67. The van der Waals surface area contributed by atoms with Crippen LogP contribution in [0.5, 0.6) is 0 Å². The van der Waals surface area contributed by atoms with Crippen molar-refractivity contribution in [3.63, 3.8) is 0 Å². The molecular weight excluding hydrogens is 148 g/mol. The average Bonchev–Trinajstić information content (AvgIpc) is 2.06. The lowest BCUT2D eigenvalue weighted by molar-refractivity contribution is 0.0613. The van der Waals surface area contributed by atoms with Gasteiger partial charge < -0.3 is 0 Å². The molecule has 1 nitrogen and oxygen atoms in total. The maximum atomic E-state index is 12.5. The van der Waals surface area contributed by atoms with Gasteiger partial charge in [-0.15, -0.1) is 0 Å². The van der Waals surface area contributed by atoms with E-state index in [9.17, 15) is 8.78 Å². The third-order valence-electron chi connectivity index (χ3n) is 1.28. The summed E-state index contributed by atoms with van der Waals surface area (Å²) in [5, 5.41) is 8.05. The lowest BCUT2D eigenvalue weighted by Gasteiger charge is -2.05. The normalized spacial score (nSPS) is 10.6. The van der Waals surface area contributed by atoms with Gasteiger partial charge in [-0.25, -0.2) is 0 Å². The second kappa shape index (κ2) is 2.67. The van der Waals surface area contributed by atoms with Crippen molar-refractivity contribution in [1.29, 1.82) is 5.26 Å². The highest BCUT2D eigenvalue weighted by atomic mass is 19.3. The van der Waals surface area contributed by atoms with Crippen LogP contribution in [0.4, 0.5) is 8.78 Å². The van der Waals surface area contributed by atoms with Gasteiger partial charge in [0, 0.05) is 5.56 Å². The number of nitrogens with zero attached hydrogens (tertiary/aromatic N) is 1. The van der Waals surface area contributed by atoms with E-state index >= 15 is 0 Å². The van der Waals surface area contributed by atoms with Gasteiger partial charge >= 0.3 is 5.92 Å². The van der Waals surface area contributed by atoms with E-state index < -0.39 is 5.92 Å². The van der Waals surface area contributed by atoms with Crippen molar-refractivity contribution in [3.8, 4) is 6.07 Å². The number of alkyl halides is 2. The van der Waals surface area contributed by atoms with Crippen LogP contribution >= 0.6 is 0 Å². The van der Waals surface area contributed by atoms with Crippen LogP contribution in [0.15, 0.2) is 30.3 Å². The molecule has 0 aliphatic heterocycles. The smallest absolute Gasteiger partial charge is 0.191 e. The highest BCUT2D eigenvalue weighted by Gasteiger charge is 2.30. The summed E-state index contributed by atoms with van der Waals surface area (Å²) in [7, 11) is 0. The standard InChI is InChI=1S/C8H5F2N/c9-8(10,6-11)7-4-2-1-3-5-7/h1-5H. The average molecular weight is 153 g/mol. The van der Waals surface area contributed by atoms with E-state index in [1.165, 1.54) is 24.3 Å². The van der Waals surface area contributed by atoms with Crippen molar-refractivity contribution >= 4 is 0 Å². The van der Waals surface area contributed by atoms with E-state index in [0.29, 0.717) is 0 Å². The van der Waals surface area contributed by atoms with Crippen LogP contribution < -0.4 is 0 Å². The summed E-state index contributed by atoms with van der Waals surface area (Å²) in [6, 6.07) is 7.94. The molecule has 1 aromatic rings. The second-order valence-corrected chi connectivity index (χ2v) is 2.05. The van der Waals surface area contributed by atoms with Crippen molar-refractivity contribution in [2.75, 3.05) is 0 Å². The van der Waals surface area contributed by atoms with Gasteiger partial charge in [-0.05, 0) is 0 Å². The molecule has 0 aliphatic rings. The van der Waals surface area contributed by atoms with Crippen LogP contribution in [0.2, 0.25) is 0 Å². The summed E-state index contributed by atoms with van der Waals surface area (Å²) in [6.45, 7) is 0. The van der Waals surface area contributed by atoms with Gasteiger partial charge in [0.05, 0.1) is 0 Å². The second-order valence-electron chi connectivity index (χ2n) is 2.05. The molecule has 0 heterocycles. The summed E-state index contributed by atoms with van der Waals surface area (Å²) in [6.07, 6.45) is 0. The predicted molar refractivity (Wildman–Crippen MR) is 35.9 cm³/mol. The third-order valence-corrected chi connectivity index (χ3v) is 1.28. The molecule has 0 N–H and O–H groups in total. The van der Waals surface area contributed by atoms with Gasteiger partial charge in [0.2, 0.25) is 0 Å². The first-order chi connectivity index (χ1) is 5.17. The lowest BCUT2D eigenvalue weighted by atomic mass is 10.1. The Kier molecular flexibility index (Phi) is 1.86. The fraction of sp³-hybridized carbons (Fsp3) is 0.125. The topological polar surface area (TPSA) is 23.8 Å².